The van der Waals surface area contributed by atoms with Gasteiger partial charge in [-0.05, 0) is 35.4 Å². The molecular formula is C26H22Cl2N2O. The lowest BCUT2D eigenvalue weighted by Gasteiger charge is -2.28. The Morgan fingerprint density at radius 1 is 0.548 bits per heavy atom. The zero-order chi connectivity index (χ0) is 21.8. The number of nitrogens with two attached hydrogens (primary N) is 2. The molecule has 5 heteroatoms. The van der Waals surface area contributed by atoms with Gasteiger partial charge in [-0.1, -0.05) is 96.0 Å². The van der Waals surface area contributed by atoms with E-state index in [1.54, 1.807) is 12.1 Å². The minimum Gasteiger partial charge on any atom is -0.399 e. The average Bonchev–Trinajstić information content (AvgIpc) is 2.77. The van der Waals surface area contributed by atoms with Crippen LogP contribution in [0.2, 0.25) is 10.0 Å². The molecule has 4 aromatic carbocycles. The summed E-state index contributed by atoms with van der Waals surface area (Å²) >= 11 is 13.2. The lowest BCUT2D eigenvalue weighted by atomic mass is 9.97. The lowest BCUT2D eigenvalue weighted by molar-refractivity contribution is 0.0310. The molecule has 0 aliphatic heterocycles. The number of halogens is 2. The van der Waals surface area contributed by atoms with Gasteiger partial charge in [0.05, 0.1) is 0 Å². The Balaban J connectivity index is 1.84. The second-order valence-corrected chi connectivity index (χ2v) is 8.09. The summed E-state index contributed by atoms with van der Waals surface area (Å²) in [6, 6.07) is 30.9. The molecule has 0 radical (unpaired) electrons. The highest BCUT2D eigenvalue weighted by atomic mass is 35.5. The van der Waals surface area contributed by atoms with E-state index in [1.165, 1.54) is 0 Å². The molecule has 0 fully saturated rings. The third-order valence-electron chi connectivity index (χ3n) is 5.09. The fraction of sp³-hybridized carbons (Fsp3) is 0.0769. The molecule has 156 valence electrons. The normalized spacial score (nSPS) is 13.0. The Bertz CT molecular complexity index is 1070. The first-order chi connectivity index (χ1) is 15.0. The molecule has 2 atom stereocenters. The van der Waals surface area contributed by atoms with Crippen LogP contribution >= 0.6 is 23.2 Å². The van der Waals surface area contributed by atoms with Crippen molar-refractivity contribution in [1.82, 2.24) is 0 Å². The third-order valence-corrected chi connectivity index (χ3v) is 5.75. The van der Waals surface area contributed by atoms with Gasteiger partial charge in [0.25, 0.3) is 0 Å². The summed E-state index contributed by atoms with van der Waals surface area (Å²) < 4.78 is 6.79. The van der Waals surface area contributed by atoms with Crippen LogP contribution in [0.25, 0.3) is 0 Å². The van der Waals surface area contributed by atoms with Crippen molar-refractivity contribution >= 4 is 34.6 Å². The standard InChI is InChI=1S/C26H22Cl2N2O/c27-23-15-19(29)11-13-21(23)25(17-7-3-1-4-8-17)31-26(18-9-5-2-6-10-18)22-14-12-20(30)16-24(22)28/h1-16,25-26H,29-30H2. The van der Waals surface area contributed by atoms with Gasteiger partial charge in [-0.3, -0.25) is 0 Å². The summed E-state index contributed by atoms with van der Waals surface area (Å²) in [5.41, 5.74) is 16.7. The molecule has 4 N–H and O–H groups in total. The Labute approximate surface area is 192 Å². The van der Waals surface area contributed by atoms with E-state index in [2.05, 4.69) is 0 Å². The Kier molecular flexibility index (Phi) is 6.47. The second kappa shape index (κ2) is 9.44. The van der Waals surface area contributed by atoms with Crippen LogP contribution in [0.4, 0.5) is 11.4 Å². The molecule has 0 saturated heterocycles. The van der Waals surface area contributed by atoms with Crippen molar-refractivity contribution in [2.75, 3.05) is 11.5 Å². The lowest BCUT2D eigenvalue weighted by Crippen LogP contribution is -2.14. The number of nitrogen functional groups attached to an aromatic ring is 2. The largest absolute Gasteiger partial charge is 0.399 e. The van der Waals surface area contributed by atoms with Crippen LogP contribution in [0.15, 0.2) is 97.1 Å². The van der Waals surface area contributed by atoms with Crippen LogP contribution in [0.5, 0.6) is 0 Å². The van der Waals surface area contributed by atoms with Crippen LogP contribution in [0.1, 0.15) is 34.5 Å². The smallest absolute Gasteiger partial charge is 0.110 e. The molecule has 31 heavy (non-hydrogen) atoms. The SMILES string of the molecule is Nc1ccc(C(OC(c2ccccc2)c2ccc(N)cc2Cl)c2ccccc2)c(Cl)c1. The molecule has 3 nitrogen and oxygen atoms in total. The number of benzene rings is 4. The van der Waals surface area contributed by atoms with Crippen molar-refractivity contribution in [2.24, 2.45) is 0 Å². The molecule has 0 saturated carbocycles. The van der Waals surface area contributed by atoms with Crippen molar-refractivity contribution in [2.45, 2.75) is 12.2 Å². The third kappa shape index (κ3) is 4.86. The minimum atomic E-state index is -0.437. The number of hydrogen-bond donors (Lipinski definition) is 2. The maximum absolute atomic E-state index is 6.79. The Hall–Kier alpha value is -2.98. The van der Waals surface area contributed by atoms with Crippen molar-refractivity contribution in [3.8, 4) is 0 Å². The van der Waals surface area contributed by atoms with Crippen molar-refractivity contribution in [3.05, 3.63) is 129 Å². The van der Waals surface area contributed by atoms with Gasteiger partial charge < -0.3 is 16.2 Å². The molecule has 0 aliphatic rings. The van der Waals surface area contributed by atoms with Crippen molar-refractivity contribution in [1.29, 1.82) is 0 Å². The van der Waals surface area contributed by atoms with Gasteiger partial charge in [0, 0.05) is 32.5 Å². The highest BCUT2D eigenvalue weighted by Gasteiger charge is 2.26. The van der Waals surface area contributed by atoms with E-state index < -0.39 is 12.2 Å². The Morgan fingerprint density at radius 3 is 1.29 bits per heavy atom. The van der Waals surface area contributed by atoms with Gasteiger partial charge in [0.15, 0.2) is 0 Å². The molecule has 0 aliphatic carbocycles. The molecule has 2 unspecified atom stereocenters. The number of anilines is 2. The Morgan fingerprint density at radius 2 is 0.935 bits per heavy atom. The molecule has 4 rings (SSSR count). The maximum Gasteiger partial charge on any atom is 0.110 e. The zero-order valence-electron chi connectivity index (χ0n) is 16.7. The topological polar surface area (TPSA) is 61.3 Å². The predicted octanol–water partition coefficient (Wildman–Crippen LogP) is 7.05. The van der Waals surface area contributed by atoms with Crippen LogP contribution < -0.4 is 11.5 Å². The molecule has 4 aromatic rings. The average molecular weight is 449 g/mol. The molecular weight excluding hydrogens is 427 g/mol. The molecule has 0 amide bonds. The van der Waals surface area contributed by atoms with Gasteiger partial charge in [-0.15, -0.1) is 0 Å². The summed E-state index contributed by atoms with van der Waals surface area (Å²) in [7, 11) is 0. The highest BCUT2D eigenvalue weighted by Crippen LogP contribution is 2.40. The van der Waals surface area contributed by atoms with Crippen LogP contribution in [-0.2, 0) is 4.74 Å². The number of rotatable bonds is 6. The summed E-state index contributed by atoms with van der Waals surface area (Å²) in [5, 5.41) is 1.09. The van der Waals surface area contributed by atoms with E-state index in [4.69, 9.17) is 39.4 Å². The molecule has 0 heterocycles. The van der Waals surface area contributed by atoms with E-state index in [9.17, 15) is 0 Å². The first-order valence-electron chi connectivity index (χ1n) is 9.88. The highest BCUT2D eigenvalue weighted by molar-refractivity contribution is 6.32. The first-order valence-corrected chi connectivity index (χ1v) is 10.6. The van der Waals surface area contributed by atoms with E-state index >= 15 is 0 Å². The maximum atomic E-state index is 6.79. The summed E-state index contributed by atoms with van der Waals surface area (Å²) in [4.78, 5) is 0. The van der Waals surface area contributed by atoms with E-state index in [0.717, 1.165) is 22.3 Å². The molecule has 0 aromatic heterocycles. The van der Waals surface area contributed by atoms with Crippen molar-refractivity contribution < 1.29 is 4.74 Å². The van der Waals surface area contributed by atoms with Gasteiger partial charge >= 0.3 is 0 Å². The van der Waals surface area contributed by atoms with Crippen LogP contribution in [0, 0.1) is 0 Å². The van der Waals surface area contributed by atoms with E-state index in [-0.39, 0.29) is 0 Å². The van der Waals surface area contributed by atoms with Crippen LogP contribution in [-0.4, -0.2) is 0 Å². The van der Waals surface area contributed by atoms with E-state index in [1.807, 2.05) is 84.9 Å². The van der Waals surface area contributed by atoms with Gasteiger partial charge in [-0.25, -0.2) is 0 Å². The number of ether oxygens (including phenoxy) is 1. The minimum absolute atomic E-state index is 0.437. The molecule has 0 spiro atoms. The fourth-order valence-electron chi connectivity index (χ4n) is 3.57. The fourth-order valence-corrected chi connectivity index (χ4v) is 4.14. The van der Waals surface area contributed by atoms with Crippen LogP contribution in [0.3, 0.4) is 0 Å². The van der Waals surface area contributed by atoms with E-state index in [0.29, 0.717) is 21.4 Å². The first kappa shape index (κ1) is 21.3. The van der Waals surface area contributed by atoms with Gasteiger partial charge in [0.1, 0.15) is 12.2 Å². The van der Waals surface area contributed by atoms with Crippen molar-refractivity contribution in [3.63, 3.8) is 0 Å². The number of hydrogen-bond acceptors (Lipinski definition) is 3. The quantitative estimate of drug-likeness (QED) is 0.310. The summed E-state index contributed by atoms with van der Waals surface area (Å²) in [5.74, 6) is 0. The second-order valence-electron chi connectivity index (χ2n) is 7.28. The monoisotopic (exact) mass is 448 g/mol. The molecule has 0 bridgehead atoms. The van der Waals surface area contributed by atoms with Gasteiger partial charge in [-0.2, -0.15) is 0 Å². The summed E-state index contributed by atoms with van der Waals surface area (Å²) in [6.45, 7) is 0. The summed E-state index contributed by atoms with van der Waals surface area (Å²) in [6.07, 6.45) is -0.874. The predicted molar refractivity (Wildman–Crippen MR) is 129 cm³/mol. The van der Waals surface area contributed by atoms with Gasteiger partial charge in [0.2, 0.25) is 0 Å². The zero-order valence-corrected chi connectivity index (χ0v) is 18.2.